The van der Waals surface area contributed by atoms with Gasteiger partial charge in [-0.05, 0) is 63.2 Å². The van der Waals surface area contributed by atoms with Crippen LogP contribution >= 0.6 is 0 Å². The average Bonchev–Trinajstić information content (AvgIpc) is 3.60. The van der Waals surface area contributed by atoms with E-state index in [9.17, 15) is 41.2 Å². The van der Waals surface area contributed by atoms with Crippen molar-refractivity contribution < 1.29 is 45.8 Å². The Bertz CT molecular complexity index is 2010. The molecular weight excluding hydrogens is 671 g/mol. The molecule has 0 spiro atoms. The Hall–Kier alpha value is -5.78. The van der Waals surface area contributed by atoms with Crippen molar-refractivity contribution in [1.82, 2.24) is 24.4 Å². The fraction of sp³-hybridized carbons (Fsp3) is 0.226. The van der Waals surface area contributed by atoms with E-state index < -0.39 is 63.8 Å². The number of fused-ring (bicyclic) bond motifs is 1. The van der Waals surface area contributed by atoms with E-state index in [1.54, 1.807) is 36.4 Å². The third-order valence-electron chi connectivity index (χ3n) is 7.30. The van der Waals surface area contributed by atoms with Gasteiger partial charge in [-0.25, -0.2) is 22.7 Å². The number of hydrazine groups is 1. The van der Waals surface area contributed by atoms with Crippen molar-refractivity contribution >= 4 is 27.7 Å². The Morgan fingerprint density at radius 1 is 1.02 bits per heavy atom. The zero-order chi connectivity index (χ0) is 35.7. The highest BCUT2D eigenvalue weighted by molar-refractivity contribution is 7.90. The van der Waals surface area contributed by atoms with E-state index in [0.717, 1.165) is 38.4 Å². The van der Waals surface area contributed by atoms with Gasteiger partial charge in [0.25, 0.3) is 27.7 Å². The average molecular weight is 700 g/mol. The smallest absolute Gasteiger partial charge is 0.435 e. The molecule has 5 rings (SSSR count). The van der Waals surface area contributed by atoms with Crippen molar-refractivity contribution in [2.75, 3.05) is 13.3 Å². The minimum absolute atomic E-state index is 0.116. The normalized spacial score (nSPS) is 13.5. The Morgan fingerprint density at radius 2 is 1.61 bits per heavy atom. The minimum Gasteiger partial charge on any atom is -0.569 e. The topological polar surface area (TPSA) is 169 Å². The van der Waals surface area contributed by atoms with E-state index in [1.807, 2.05) is 11.6 Å². The van der Waals surface area contributed by atoms with Crippen molar-refractivity contribution in [2.45, 2.75) is 37.9 Å². The molecule has 256 valence electrons. The SMILES string of the molecule is Cc1ccc(-c2cc(C(F)(F)F)nn2-c2ccc(S(=O)(=O)NC(=O)CN(C(C)C)[N+]([O-])=NOCN3C(=O)c4ccccc4C3=O)cc2)cc1. The first-order chi connectivity index (χ1) is 23.1. The number of aryl methyl sites for hydroxylation is 1. The molecule has 2 heterocycles. The van der Waals surface area contributed by atoms with Crippen LogP contribution in [0.3, 0.4) is 0 Å². The van der Waals surface area contributed by atoms with Gasteiger partial charge in [0.05, 0.1) is 38.4 Å². The summed E-state index contributed by atoms with van der Waals surface area (Å²) in [6.45, 7) is 3.35. The van der Waals surface area contributed by atoms with Gasteiger partial charge in [-0.1, -0.05) is 42.0 Å². The molecule has 49 heavy (non-hydrogen) atoms. The molecule has 3 amide bonds. The minimum atomic E-state index is -4.74. The molecule has 0 radical (unpaired) electrons. The maximum Gasteiger partial charge on any atom is 0.435 e. The number of amides is 3. The van der Waals surface area contributed by atoms with E-state index in [4.69, 9.17) is 4.84 Å². The summed E-state index contributed by atoms with van der Waals surface area (Å²) < 4.78 is 69.5. The van der Waals surface area contributed by atoms with Crippen molar-refractivity contribution in [2.24, 2.45) is 5.28 Å². The van der Waals surface area contributed by atoms with Gasteiger partial charge in [0.2, 0.25) is 12.0 Å². The second kappa shape index (κ2) is 13.4. The van der Waals surface area contributed by atoms with Gasteiger partial charge < -0.3 is 10.0 Å². The summed E-state index contributed by atoms with van der Waals surface area (Å²) in [7, 11) is -4.51. The number of imide groups is 1. The van der Waals surface area contributed by atoms with Crippen LogP contribution < -0.4 is 4.72 Å². The second-order valence-corrected chi connectivity index (χ2v) is 12.8. The summed E-state index contributed by atoms with van der Waals surface area (Å²) >= 11 is 0. The van der Waals surface area contributed by atoms with Gasteiger partial charge in [-0.15, -0.1) is 5.01 Å². The lowest BCUT2D eigenvalue weighted by atomic mass is 10.1. The first-order valence-electron chi connectivity index (χ1n) is 14.5. The fourth-order valence-corrected chi connectivity index (χ4v) is 5.75. The molecular formula is C31H28F3N7O7S. The van der Waals surface area contributed by atoms with E-state index in [2.05, 4.69) is 10.4 Å². The number of benzene rings is 3. The van der Waals surface area contributed by atoms with E-state index in [1.165, 1.54) is 38.1 Å². The Kier molecular flexibility index (Phi) is 9.44. The van der Waals surface area contributed by atoms with Crippen molar-refractivity contribution in [1.29, 1.82) is 0 Å². The molecule has 1 aliphatic rings. The third-order valence-corrected chi connectivity index (χ3v) is 8.69. The van der Waals surface area contributed by atoms with Gasteiger partial charge >= 0.3 is 6.18 Å². The molecule has 14 nitrogen and oxygen atoms in total. The number of carbonyl (C=O) groups is 3. The van der Waals surface area contributed by atoms with Crippen LogP contribution in [0.15, 0.2) is 89.0 Å². The molecule has 1 N–H and O–H groups in total. The van der Waals surface area contributed by atoms with E-state index >= 15 is 0 Å². The summed E-state index contributed by atoms with van der Waals surface area (Å²) in [5, 5.41) is 20.4. The van der Waals surface area contributed by atoms with Gasteiger partial charge in [0.15, 0.2) is 12.2 Å². The summed E-state index contributed by atoms with van der Waals surface area (Å²) in [4.78, 5) is 42.8. The molecule has 18 heteroatoms. The number of nitrogens with one attached hydrogen (secondary N) is 1. The van der Waals surface area contributed by atoms with Crippen LogP contribution in [0.1, 0.15) is 45.8 Å². The molecule has 0 saturated heterocycles. The monoisotopic (exact) mass is 699 g/mol. The van der Waals surface area contributed by atoms with Gasteiger partial charge in [0.1, 0.15) is 0 Å². The number of halogens is 3. The molecule has 0 unspecified atom stereocenters. The zero-order valence-corrected chi connectivity index (χ0v) is 26.9. The number of sulfonamides is 1. The highest BCUT2D eigenvalue weighted by atomic mass is 32.2. The number of nitrogens with zero attached hydrogens (tertiary/aromatic N) is 6. The van der Waals surface area contributed by atoms with Crippen LogP contribution in [0.2, 0.25) is 0 Å². The standard InChI is InChI=1S/C31H28F3N7O7S/c1-19(2)39(41(45)37-48-18-38-29(43)24-6-4-5-7-25(24)30(38)44)17-28(42)36-49(46,47)23-14-12-22(13-15-23)40-26(16-27(35-40)31(32,33)34)21-10-8-20(3)9-11-21/h4-16,19H,17-18H2,1-3H3,(H,36,42). The lowest BCUT2D eigenvalue weighted by molar-refractivity contribution is -0.715. The maximum absolute atomic E-state index is 13.5. The maximum atomic E-state index is 13.5. The molecule has 1 aliphatic heterocycles. The molecule has 0 fully saturated rings. The van der Waals surface area contributed by atoms with Gasteiger partial charge in [-0.2, -0.15) is 18.3 Å². The molecule has 0 bridgehead atoms. The number of alkyl halides is 3. The molecule has 0 atom stereocenters. The first kappa shape index (κ1) is 34.6. The number of carbonyl (C=O) groups excluding carboxylic acids is 3. The summed E-state index contributed by atoms with van der Waals surface area (Å²) in [5.74, 6) is -2.42. The van der Waals surface area contributed by atoms with Crippen LogP contribution in [0.25, 0.3) is 16.9 Å². The summed E-state index contributed by atoms with van der Waals surface area (Å²) in [6.07, 6.45) is -4.74. The van der Waals surface area contributed by atoms with Crippen molar-refractivity contribution in [3.63, 3.8) is 0 Å². The zero-order valence-electron chi connectivity index (χ0n) is 26.1. The highest BCUT2D eigenvalue weighted by Crippen LogP contribution is 2.33. The van der Waals surface area contributed by atoms with E-state index in [0.29, 0.717) is 5.56 Å². The molecule has 1 aromatic heterocycles. The van der Waals surface area contributed by atoms with Crippen LogP contribution in [0.4, 0.5) is 13.2 Å². The van der Waals surface area contributed by atoms with Crippen LogP contribution in [-0.2, 0) is 25.8 Å². The van der Waals surface area contributed by atoms with E-state index in [-0.39, 0.29) is 27.5 Å². The quantitative estimate of drug-likeness (QED) is 0.103. The molecule has 3 aromatic carbocycles. The Morgan fingerprint density at radius 3 is 2.16 bits per heavy atom. The number of hydrogen-bond donors (Lipinski definition) is 1. The predicted molar refractivity (Wildman–Crippen MR) is 165 cm³/mol. The number of aromatic nitrogens is 2. The molecule has 0 saturated carbocycles. The first-order valence-corrected chi connectivity index (χ1v) is 16.0. The number of hydrogen-bond acceptors (Lipinski definition) is 9. The lowest BCUT2D eigenvalue weighted by Crippen LogP contribution is -2.45. The highest BCUT2D eigenvalue weighted by Gasteiger charge is 2.37. The van der Waals surface area contributed by atoms with Gasteiger partial charge in [0, 0.05) is 5.56 Å². The second-order valence-electron chi connectivity index (χ2n) is 11.1. The van der Waals surface area contributed by atoms with Crippen LogP contribution in [0, 0.1) is 12.1 Å². The Balaban J connectivity index is 1.26. The predicted octanol–water partition coefficient (Wildman–Crippen LogP) is 4.44. The Labute approximate surface area is 277 Å². The number of rotatable bonds is 11. The molecule has 4 aromatic rings. The molecule has 0 aliphatic carbocycles. The van der Waals surface area contributed by atoms with Gasteiger partial charge in [-0.3, -0.25) is 14.4 Å². The van der Waals surface area contributed by atoms with Crippen LogP contribution in [0.5, 0.6) is 0 Å². The van der Waals surface area contributed by atoms with Crippen molar-refractivity contribution in [3.8, 4) is 16.9 Å². The summed E-state index contributed by atoms with van der Waals surface area (Å²) in [6, 6.07) is 17.6. The summed E-state index contributed by atoms with van der Waals surface area (Å²) in [5.41, 5.74) is 0.753. The lowest BCUT2D eigenvalue weighted by Gasteiger charge is -2.21. The van der Waals surface area contributed by atoms with Crippen molar-refractivity contribution in [3.05, 3.63) is 106 Å². The third kappa shape index (κ3) is 7.38. The van der Waals surface area contributed by atoms with Crippen LogP contribution in [-0.4, -0.2) is 70.1 Å². The fourth-order valence-electron chi connectivity index (χ4n) is 4.78. The largest absolute Gasteiger partial charge is 0.569 e.